The second-order valence-corrected chi connectivity index (χ2v) is 4.52. The van der Waals surface area contributed by atoms with Crippen LogP contribution in [0.1, 0.15) is 26.1 Å². The van der Waals surface area contributed by atoms with Crippen LogP contribution in [0.5, 0.6) is 0 Å². The molecule has 0 aromatic carbocycles. The molecule has 0 saturated carbocycles. The van der Waals surface area contributed by atoms with E-state index in [0.29, 0.717) is 16.4 Å². The van der Waals surface area contributed by atoms with Crippen molar-refractivity contribution in [3.8, 4) is 11.5 Å². The first-order chi connectivity index (χ1) is 7.54. The molecule has 2 aromatic heterocycles. The largest absolute Gasteiger partial charge is 0.457 e. The predicted molar refractivity (Wildman–Crippen MR) is 61.5 cm³/mol. The first-order valence-corrected chi connectivity index (χ1v) is 5.70. The lowest BCUT2D eigenvalue weighted by Gasteiger charge is -2.16. The van der Waals surface area contributed by atoms with E-state index in [0.717, 1.165) is 12.0 Å². The fraction of sp³-hybridized carbons (Fsp3) is 0.400. The fourth-order valence-electron chi connectivity index (χ4n) is 1.17. The van der Waals surface area contributed by atoms with Crippen molar-refractivity contribution in [2.75, 3.05) is 0 Å². The molecule has 0 saturated heterocycles. The van der Waals surface area contributed by atoms with Crippen LogP contribution in [0.3, 0.4) is 0 Å². The maximum Gasteiger partial charge on any atom is 0.262 e. The SMILES string of the molecule is CCC(C)(N)c1noc(-c2ccoc2Br)n1. The van der Waals surface area contributed by atoms with Gasteiger partial charge in [0.2, 0.25) is 0 Å². The van der Waals surface area contributed by atoms with E-state index in [-0.39, 0.29) is 0 Å². The molecule has 0 aliphatic rings. The molecule has 6 heteroatoms. The van der Waals surface area contributed by atoms with Crippen LogP contribution in [0.2, 0.25) is 0 Å². The molecular formula is C10H12BrN3O2. The maximum atomic E-state index is 6.02. The van der Waals surface area contributed by atoms with E-state index in [2.05, 4.69) is 26.1 Å². The van der Waals surface area contributed by atoms with Crippen LogP contribution in [-0.4, -0.2) is 10.1 Å². The Hall–Kier alpha value is -1.14. The Morgan fingerprint density at radius 3 is 2.88 bits per heavy atom. The number of hydrogen-bond acceptors (Lipinski definition) is 5. The maximum absolute atomic E-state index is 6.02. The van der Waals surface area contributed by atoms with Gasteiger partial charge < -0.3 is 14.7 Å². The molecule has 2 heterocycles. The summed E-state index contributed by atoms with van der Waals surface area (Å²) >= 11 is 3.25. The zero-order valence-corrected chi connectivity index (χ0v) is 10.6. The zero-order valence-electron chi connectivity index (χ0n) is 9.03. The van der Waals surface area contributed by atoms with Gasteiger partial charge in [0, 0.05) is 0 Å². The monoisotopic (exact) mass is 285 g/mol. The minimum atomic E-state index is -0.571. The Kier molecular flexibility index (Phi) is 2.86. The van der Waals surface area contributed by atoms with Gasteiger partial charge in [-0.1, -0.05) is 12.1 Å². The third-order valence-corrected chi connectivity index (χ3v) is 3.13. The predicted octanol–water partition coefficient (Wildman–Crippen LogP) is 2.68. The molecule has 0 aliphatic carbocycles. The van der Waals surface area contributed by atoms with Crippen molar-refractivity contribution in [1.82, 2.24) is 10.1 Å². The molecule has 0 fully saturated rings. The molecular weight excluding hydrogens is 274 g/mol. The van der Waals surface area contributed by atoms with E-state index in [1.165, 1.54) is 0 Å². The van der Waals surface area contributed by atoms with Gasteiger partial charge in [-0.3, -0.25) is 0 Å². The van der Waals surface area contributed by atoms with Crippen LogP contribution in [0.15, 0.2) is 25.9 Å². The Morgan fingerprint density at radius 2 is 2.31 bits per heavy atom. The second-order valence-electron chi connectivity index (χ2n) is 3.80. The zero-order chi connectivity index (χ0) is 11.8. The Labute approximate surface area is 101 Å². The molecule has 0 spiro atoms. The molecule has 2 aromatic rings. The van der Waals surface area contributed by atoms with Gasteiger partial charge in [0.25, 0.3) is 5.89 Å². The number of halogens is 1. The van der Waals surface area contributed by atoms with E-state index in [9.17, 15) is 0 Å². The Morgan fingerprint density at radius 1 is 1.56 bits per heavy atom. The molecule has 0 radical (unpaired) electrons. The summed E-state index contributed by atoms with van der Waals surface area (Å²) in [4.78, 5) is 4.26. The average molecular weight is 286 g/mol. The number of furan rings is 1. The van der Waals surface area contributed by atoms with Gasteiger partial charge in [0.15, 0.2) is 10.5 Å². The lowest BCUT2D eigenvalue weighted by molar-refractivity contribution is 0.378. The van der Waals surface area contributed by atoms with Gasteiger partial charge in [0.05, 0.1) is 17.4 Å². The van der Waals surface area contributed by atoms with E-state index < -0.39 is 5.54 Å². The minimum absolute atomic E-state index is 0.403. The summed E-state index contributed by atoms with van der Waals surface area (Å²) in [6, 6.07) is 1.75. The van der Waals surface area contributed by atoms with Crippen LogP contribution in [-0.2, 0) is 5.54 Å². The third-order valence-electron chi connectivity index (χ3n) is 2.52. The van der Waals surface area contributed by atoms with Crippen molar-refractivity contribution in [2.45, 2.75) is 25.8 Å². The first kappa shape index (κ1) is 11.3. The highest BCUT2D eigenvalue weighted by Crippen LogP contribution is 2.29. The summed E-state index contributed by atoms with van der Waals surface area (Å²) in [6.07, 6.45) is 2.28. The molecule has 86 valence electrons. The summed E-state index contributed by atoms with van der Waals surface area (Å²) in [7, 11) is 0. The Bertz CT molecular complexity index is 490. The van der Waals surface area contributed by atoms with E-state index >= 15 is 0 Å². The molecule has 5 nitrogen and oxygen atoms in total. The van der Waals surface area contributed by atoms with Gasteiger partial charge in [0.1, 0.15) is 0 Å². The summed E-state index contributed by atoms with van der Waals surface area (Å²) in [5, 5.41) is 3.88. The highest BCUT2D eigenvalue weighted by atomic mass is 79.9. The van der Waals surface area contributed by atoms with Crippen molar-refractivity contribution in [2.24, 2.45) is 5.73 Å². The molecule has 1 atom stereocenters. The highest BCUT2D eigenvalue weighted by molar-refractivity contribution is 9.10. The molecule has 0 amide bonds. The summed E-state index contributed by atoms with van der Waals surface area (Å²) in [6.45, 7) is 3.84. The van der Waals surface area contributed by atoms with Crippen LogP contribution in [0.4, 0.5) is 0 Å². The smallest absolute Gasteiger partial charge is 0.262 e. The van der Waals surface area contributed by atoms with E-state index in [4.69, 9.17) is 14.7 Å². The van der Waals surface area contributed by atoms with Gasteiger partial charge >= 0.3 is 0 Å². The Balaban J connectivity index is 2.37. The van der Waals surface area contributed by atoms with Crippen molar-refractivity contribution in [3.63, 3.8) is 0 Å². The summed E-state index contributed by atoms with van der Waals surface area (Å²) in [5.41, 5.74) is 6.18. The molecule has 0 bridgehead atoms. The first-order valence-electron chi connectivity index (χ1n) is 4.91. The van der Waals surface area contributed by atoms with Crippen LogP contribution >= 0.6 is 15.9 Å². The van der Waals surface area contributed by atoms with Crippen LogP contribution < -0.4 is 5.73 Å². The molecule has 16 heavy (non-hydrogen) atoms. The van der Waals surface area contributed by atoms with Gasteiger partial charge in [-0.25, -0.2) is 0 Å². The quantitative estimate of drug-likeness (QED) is 0.938. The van der Waals surface area contributed by atoms with Crippen molar-refractivity contribution >= 4 is 15.9 Å². The van der Waals surface area contributed by atoms with Gasteiger partial charge in [-0.15, -0.1) is 0 Å². The van der Waals surface area contributed by atoms with Crippen molar-refractivity contribution < 1.29 is 8.94 Å². The van der Waals surface area contributed by atoms with Crippen LogP contribution in [0, 0.1) is 0 Å². The number of aromatic nitrogens is 2. The third kappa shape index (κ3) is 1.90. The topological polar surface area (TPSA) is 78.1 Å². The fourth-order valence-corrected chi connectivity index (χ4v) is 1.58. The molecule has 0 aliphatic heterocycles. The van der Waals surface area contributed by atoms with E-state index in [1.807, 2.05) is 13.8 Å². The summed E-state index contributed by atoms with van der Waals surface area (Å²) in [5.74, 6) is 0.902. The van der Waals surface area contributed by atoms with Crippen molar-refractivity contribution in [1.29, 1.82) is 0 Å². The number of hydrogen-bond donors (Lipinski definition) is 1. The standard InChI is InChI=1S/C10H12BrN3O2/c1-3-10(2,12)9-13-8(16-14-9)6-4-5-15-7(6)11/h4-5H,3,12H2,1-2H3. The molecule has 1 unspecified atom stereocenters. The average Bonchev–Trinajstić information content (AvgIpc) is 2.85. The summed E-state index contributed by atoms with van der Waals surface area (Å²) < 4.78 is 10.8. The lowest BCUT2D eigenvalue weighted by atomic mass is 10.0. The molecule has 2 N–H and O–H groups in total. The molecule has 2 rings (SSSR count). The lowest BCUT2D eigenvalue weighted by Crippen LogP contribution is -2.33. The van der Waals surface area contributed by atoms with Crippen LogP contribution in [0.25, 0.3) is 11.5 Å². The normalized spacial score (nSPS) is 15.0. The van der Waals surface area contributed by atoms with Gasteiger partial charge in [-0.2, -0.15) is 4.98 Å². The number of rotatable bonds is 3. The van der Waals surface area contributed by atoms with E-state index in [1.54, 1.807) is 12.3 Å². The highest BCUT2D eigenvalue weighted by Gasteiger charge is 2.26. The minimum Gasteiger partial charge on any atom is -0.457 e. The van der Waals surface area contributed by atoms with Crippen molar-refractivity contribution in [3.05, 3.63) is 22.8 Å². The van der Waals surface area contributed by atoms with Gasteiger partial charge in [-0.05, 0) is 35.3 Å². The number of nitrogens with two attached hydrogens (primary N) is 1. The number of nitrogens with zero attached hydrogens (tertiary/aromatic N) is 2. The second kappa shape index (κ2) is 4.03.